The highest BCUT2D eigenvalue weighted by Gasteiger charge is 2.29. The van der Waals surface area contributed by atoms with Crippen LogP contribution in [0, 0.1) is 5.92 Å². The van der Waals surface area contributed by atoms with Crippen LogP contribution >= 0.6 is 0 Å². The average Bonchev–Trinajstić information content (AvgIpc) is 2.47. The largest absolute Gasteiger partial charge is 0.398 e. The fraction of sp³-hybridized carbons (Fsp3) is 0.600. The van der Waals surface area contributed by atoms with Gasteiger partial charge in [-0.1, -0.05) is 26.3 Å². The first kappa shape index (κ1) is 15.3. The van der Waals surface area contributed by atoms with Crippen molar-refractivity contribution in [3.8, 4) is 0 Å². The summed E-state index contributed by atoms with van der Waals surface area (Å²) in [4.78, 5) is 0.323. The molecule has 1 aromatic rings. The van der Waals surface area contributed by atoms with Crippen LogP contribution in [0.2, 0.25) is 0 Å². The number of aryl methyl sites for hydroxylation is 1. The van der Waals surface area contributed by atoms with E-state index in [1.54, 1.807) is 16.4 Å². The fourth-order valence-electron chi connectivity index (χ4n) is 2.78. The van der Waals surface area contributed by atoms with Gasteiger partial charge in [0.1, 0.15) is 0 Å². The van der Waals surface area contributed by atoms with E-state index < -0.39 is 10.0 Å². The Labute approximate surface area is 122 Å². The molecule has 5 heteroatoms. The minimum atomic E-state index is -3.40. The van der Waals surface area contributed by atoms with Gasteiger partial charge in [0.25, 0.3) is 0 Å². The highest BCUT2D eigenvalue weighted by atomic mass is 32.2. The average molecular weight is 296 g/mol. The van der Waals surface area contributed by atoms with Crippen LogP contribution in [-0.4, -0.2) is 25.8 Å². The van der Waals surface area contributed by atoms with Crippen LogP contribution in [-0.2, 0) is 16.4 Å². The molecule has 112 valence electrons. The van der Waals surface area contributed by atoms with Crippen LogP contribution in [0.5, 0.6) is 0 Å². The Kier molecular flexibility index (Phi) is 4.70. The third-order valence-electron chi connectivity index (χ3n) is 4.20. The Balaban J connectivity index is 2.28. The Morgan fingerprint density at radius 3 is 2.70 bits per heavy atom. The molecule has 4 nitrogen and oxygen atoms in total. The van der Waals surface area contributed by atoms with Crippen LogP contribution in [0.25, 0.3) is 0 Å². The second-order valence-electron chi connectivity index (χ2n) is 5.49. The summed E-state index contributed by atoms with van der Waals surface area (Å²) in [5.41, 5.74) is 7.49. The van der Waals surface area contributed by atoms with E-state index in [1.165, 1.54) is 0 Å². The third-order valence-corrected chi connectivity index (χ3v) is 6.06. The maximum atomic E-state index is 12.7. The molecule has 1 heterocycles. The summed E-state index contributed by atoms with van der Waals surface area (Å²) in [5, 5.41) is 0. The molecule has 0 spiro atoms. The van der Waals surface area contributed by atoms with Gasteiger partial charge in [0.2, 0.25) is 10.0 Å². The summed E-state index contributed by atoms with van der Waals surface area (Å²) < 4.78 is 27.0. The molecule has 0 aromatic heterocycles. The highest BCUT2D eigenvalue weighted by Crippen LogP contribution is 2.27. The molecule has 1 saturated heterocycles. The summed E-state index contributed by atoms with van der Waals surface area (Å²) in [6.45, 7) is 5.38. The predicted molar refractivity (Wildman–Crippen MR) is 82.0 cm³/mol. The van der Waals surface area contributed by atoms with E-state index in [0.717, 1.165) is 31.2 Å². The quantitative estimate of drug-likeness (QED) is 0.869. The van der Waals surface area contributed by atoms with Gasteiger partial charge in [-0.3, -0.25) is 0 Å². The van der Waals surface area contributed by atoms with Crippen LogP contribution in [0.4, 0.5) is 5.69 Å². The number of nitrogens with zero attached hydrogens (tertiary/aromatic N) is 1. The lowest BCUT2D eigenvalue weighted by atomic mass is 9.97. The fourth-order valence-corrected chi connectivity index (χ4v) is 4.37. The first-order chi connectivity index (χ1) is 9.48. The van der Waals surface area contributed by atoms with Crippen LogP contribution < -0.4 is 5.73 Å². The van der Waals surface area contributed by atoms with Crippen molar-refractivity contribution >= 4 is 15.7 Å². The predicted octanol–water partition coefficient (Wildman–Crippen LogP) is 2.64. The molecule has 0 saturated carbocycles. The zero-order chi connectivity index (χ0) is 14.8. The zero-order valence-electron chi connectivity index (χ0n) is 12.3. The van der Waals surface area contributed by atoms with Crippen molar-refractivity contribution in [1.29, 1.82) is 0 Å². The molecule has 1 aromatic carbocycles. The smallest absolute Gasteiger partial charge is 0.243 e. The van der Waals surface area contributed by atoms with E-state index in [-0.39, 0.29) is 0 Å². The summed E-state index contributed by atoms with van der Waals surface area (Å²) in [5.74, 6) is 0.478. The highest BCUT2D eigenvalue weighted by molar-refractivity contribution is 7.89. The molecule has 0 aliphatic carbocycles. The van der Waals surface area contributed by atoms with Gasteiger partial charge in [-0.05, 0) is 42.9 Å². The normalized spacial score (nSPS) is 21.0. The van der Waals surface area contributed by atoms with Gasteiger partial charge in [0.05, 0.1) is 4.90 Å². The van der Waals surface area contributed by atoms with Crippen molar-refractivity contribution in [2.24, 2.45) is 5.92 Å². The molecule has 2 N–H and O–H groups in total. The van der Waals surface area contributed by atoms with E-state index in [0.29, 0.717) is 29.6 Å². The van der Waals surface area contributed by atoms with Crippen LogP contribution in [0.1, 0.15) is 38.7 Å². The number of piperidine rings is 1. The molecule has 1 aliphatic rings. The molecule has 0 radical (unpaired) electrons. The Morgan fingerprint density at radius 1 is 1.35 bits per heavy atom. The molecular weight excluding hydrogens is 272 g/mol. The van der Waals surface area contributed by atoms with Crippen molar-refractivity contribution in [1.82, 2.24) is 4.31 Å². The molecule has 2 rings (SSSR count). The van der Waals surface area contributed by atoms with Crippen molar-refractivity contribution in [3.05, 3.63) is 23.8 Å². The third kappa shape index (κ3) is 2.99. The number of hydrogen-bond acceptors (Lipinski definition) is 3. The number of anilines is 1. The van der Waals surface area contributed by atoms with E-state index in [4.69, 9.17) is 5.73 Å². The van der Waals surface area contributed by atoms with E-state index >= 15 is 0 Å². The zero-order valence-corrected chi connectivity index (χ0v) is 13.1. The van der Waals surface area contributed by atoms with Crippen molar-refractivity contribution in [2.75, 3.05) is 18.8 Å². The van der Waals surface area contributed by atoms with Crippen LogP contribution in [0.15, 0.2) is 23.1 Å². The lowest BCUT2D eigenvalue weighted by molar-refractivity contribution is 0.261. The number of benzene rings is 1. The summed E-state index contributed by atoms with van der Waals surface area (Å²) >= 11 is 0. The van der Waals surface area contributed by atoms with Crippen molar-refractivity contribution in [3.63, 3.8) is 0 Å². The van der Waals surface area contributed by atoms with E-state index in [2.05, 4.69) is 6.92 Å². The standard InChI is InChI=1S/C15H24N2O2S/c1-3-12-6-5-9-17(11-12)20(18,19)14-8-7-13(4-2)15(16)10-14/h7-8,10,12H,3-6,9,11,16H2,1-2H3. The number of hydrogen-bond donors (Lipinski definition) is 1. The molecule has 1 aliphatic heterocycles. The van der Waals surface area contributed by atoms with E-state index in [1.807, 2.05) is 13.0 Å². The molecule has 1 atom stereocenters. The second-order valence-corrected chi connectivity index (χ2v) is 7.43. The molecule has 0 amide bonds. The first-order valence-corrected chi connectivity index (χ1v) is 8.81. The SMILES string of the molecule is CCc1ccc(S(=O)(=O)N2CCCC(CC)C2)cc1N. The van der Waals surface area contributed by atoms with E-state index in [9.17, 15) is 8.42 Å². The number of rotatable bonds is 4. The number of nitrogen functional groups attached to an aromatic ring is 1. The Bertz CT molecular complexity index is 569. The molecule has 1 fully saturated rings. The molecular formula is C15H24N2O2S. The molecule has 1 unspecified atom stereocenters. The van der Waals surface area contributed by atoms with Gasteiger partial charge < -0.3 is 5.73 Å². The van der Waals surface area contributed by atoms with Gasteiger partial charge in [-0.15, -0.1) is 0 Å². The molecule has 0 bridgehead atoms. The number of nitrogens with two attached hydrogens (primary N) is 1. The van der Waals surface area contributed by atoms with Crippen LogP contribution in [0.3, 0.4) is 0 Å². The summed E-state index contributed by atoms with van der Waals surface area (Å²) in [6, 6.07) is 5.10. The minimum Gasteiger partial charge on any atom is -0.398 e. The van der Waals surface area contributed by atoms with Gasteiger partial charge in [0, 0.05) is 18.8 Å². The topological polar surface area (TPSA) is 63.4 Å². The maximum absolute atomic E-state index is 12.7. The Morgan fingerprint density at radius 2 is 2.10 bits per heavy atom. The molecule has 20 heavy (non-hydrogen) atoms. The summed E-state index contributed by atoms with van der Waals surface area (Å²) in [7, 11) is -3.40. The van der Waals surface area contributed by atoms with Gasteiger partial charge in [-0.25, -0.2) is 8.42 Å². The number of sulfonamides is 1. The summed E-state index contributed by atoms with van der Waals surface area (Å²) in [6.07, 6.45) is 3.91. The van der Waals surface area contributed by atoms with Crippen molar-refractivity contribution < 1.29 is 8.42 Å². The van der Waals surface area contributed by atoms with Gasteiger partial charge in [-0.2, -0.15) is 4.31 Å². The lowest BCUT2D eigenvalue weighted by Crippen LogP contribution is -2.39. The lowest BCUT2D eigenvalue weighted by Gasteiger charge is -2.31. The first-order valence-electron chi connectivity index (χ1n) is 7.37. The Hall–Kier alpha value is -1.07. The second kappa shape index (κ2) is 6.14. The van der Waals surface area contributed by atoms with Crippen molar-refractivity contribution in [2.45, 2.75) is 44.4 Å². The van der Waals surface area contributed by atoms with Gasteiger partial charge in [0.15, 0.2) is 0 Å². The maximum Gasteiger partial charge on any atom is 0.243 e. The minimum absolute atomic E-state index is 0.323. The van der Waals surface area contributed by atoms with Gasteiger partial charge >= 0.3 is 0 Å². The monoisotopic (exact) mass is 296 g/mol.